The molecule has 0 radical (unpaired) electrons. The third-order valence-corrected chi connectivity index (χ3v) is 3.62. The highest BCUT2D eigenvalue weighted by Gasteiger charge is 2.14. The second kappa shape index (κ2) is 7.67. The van der Waals surface area contributed by atoms with E-state index in [2.05, 4.69) is 10.6 Å². The Morgan fingerprint density at radius 2 is 2.05 bits per heavy atom. The Hall–Kier alpha value is -1.85. The molecule has 2 rings (SSSR count). The predicted molar refractivity (Wildman–Crippen MR) is 82.0 cm³/mol. The molecule has 3 N–H and O–H groups in total. The lowest BCUT2D eigenvalue weighted by atomic mass is 10.0. The third kappa shape index (κ3) is 4.36. The summed E-state index contributed by atoms with van der Waals surface area (Å²) in [4.78, 5) is 12.0. The molecule has 4 nitrogen and oxygen atoms in total. The Morgan fingerprint density at radius 1 is 1.25 bits per heavy atom. The van der Waals surface area contributed by atoms with Crippen molar-refractivity contribution in [1.29, 1.82) is 0 Å². The summed E-state index contributed by atoms with van der Waals surface area (Å²) in [6.45, 7) is 0.122. The highest BCUT2D eigenvalue weighted by atomic mass is 32.1. The van der Waals surface area contributed by atoms with E-state index in [-0.39, 0.29) is 18.7 Å². The van der Waals surface area contributed by atoms with Crippen LogP contribution in [-0.4, -0.2) is 17.7 Å². The summed E-state index contributed by atoms with van der Waals surface area (Å²) in [5, 5.41) is 18.5. The quantitative estimate of drug-likeness (QED) is 0.763. The number of benzene rings is 1. The molecule has 0 spiro atoms. The Kier molecular flexibility index (Phi) is 5.58. The van der Waals surface area contributed by atoms with Crippen molar-refractivity contribution in [1.82, 2.24) is 5.32 Å². The maximum atomic E-state index is 12.0. The molecule has 0 fully saturated rings. The molecule has 1 atom stereocenters. The first kappa shape index (κ1) is 14.6. The largest absolute Gasteiger partial charge is 0.396 e. The summed E-state index contributed by atoms with van der Waals surface area (Å²) in [7, 11) is 0. The van der Waals surface area contributed by atoms with Crippen LogP contribution in [0.5, 0.6) is 0 Å². The minimum absolute atomic E-state index is 0.0954. The fourth-order valence-electron chi connectivity index (χ4n) is 1.96. The van der Waals surface area contributed by atoms with Gasteiger partial charge in [0, 0.05) is 12.0 Å². The molecule has 106 valence electrons. The van der Waals surface area contributed by atoms with Gasteiger partial charge in [-0.3, -0.25) is 0 Å². The average Bonchev–Trinajstić information content (AvgIpc) is 2.97. The van der Waals surface area contributed by atoms with Crippen LogP contribution in [0.25, 0.3) is 0 Å². The molecule has 0 saturated heterocycles. The number of hydrogen-bond acceptors (Lipinski definition) is 3. The topological polar surface area (TPSA) is 61.4 Å². The van der Waals surface area contributed by atoms with Crippen LogP contribution in [0, 0.1) is 0 Å². The fourth-order valence-corrected chi connectivity index (χ4v) is 2.55. The molecule has 1 aromatic heterocycles. The molecular formula is C15H18N2O2S. The molecule has 20 heavy (non-hydrogen) atoms. The SMILES string of the molecule is O=C(Nc1ccsc1)NC(CCCO)c1ccccc1. The van der Waals surface area contributed by atoms with Crippen LogP contribution in [0.15, 0.2) is 47.2 Å². The number of amides is 2. The first-order valence-corrected chi connectivity index (χ1v) is 7.49. The Bertz CT molecular complexity index is 514. The average molecular weight is 290 g/mol. The number of anilines is 1. The van der Waals surface area contributed by atoms with Crippen LogP contribution in [-0.2, 0) is 0 Å². The number of carbonyl (C=O) groups is 1. The van der Waals surface area contributed by atoms with Crippen molar-refractivity contribution in [2.75, 3.05) is 11.9 Å². The van der Waals surface area contributed by atoms with Crippen molar-refractivity contribution < 1.29 is 9.90 Å². The summed E-state index contributed by atoms with van der Waals surface area (Å²) in [6, 6.07) is 11.3. The second-order valence-corrected chi connectivity index (χ2v) is 5.22. The first-order chi connectivity index (χ1) is 9.79. The van der Waals surface area contributed by atoms with Crippen LogP contribution in [0.3, 0.4) is 0 Å². The fraction of sp³-hybridized carbons (Fsp3) is 0.267. The van der Waals surface area contributed by atoms with Gasteiger partial charge in [0.2, 0.25) is 0 Å². The van der Waals surface area contributed by atoms with Crippen LogP contribution >= 0.6 is 11.3 Å². The molecule has 2 aromatic rings. The standard InChI is InChI=1S/C15H18N2O2S/c18-9-4-7-14(12-5-2-1-3-6-12)17-15(19)16-13-8-10-20-11-13/h1-3,5-6,8,10-11,14,18H,4,7,9H2,(H2,16,17,19). The van der Waals surface area contributed by atoms with Crippen molar-refractivity contribution >= 4 is 23.1 Å². The van der Waals surface area contributed by atoms with Crippen LogP contribution < -0.4 is 10.6 Å². The smallest absolute Gasteiger partial charge is 0.319 e. The predicted octanol–water partition coefficient (Wildman–Crippen LogP) is 3.38. The molecule has 0 aliphatic carbocycles. The number of thiophene rings is 1. The van der Waals surface area contributed by atoms with Gasteiger partial charge in [0.15, 0.2) is 0 Å². The Balaban J connectivity index is 1.98. The van der Waals surface area contributed by atoms with E-state index in [4.69, 9.17) is 5.11 Å². The lowest BCUT2D eigenvalue weighted by molar-refractivity contribution is 0.244. The van der Waals surface area contributed by atoms with Gasteiger partial charge in [-0.2, -0.15) is 11.3 Å². The lowest BCUT2D eigenvalue weighted by Gasteiger charge is -2.19. The summed E-state index contributed by atoms with van der Waals surface area (Å²) in [5.74, 6) is 0. The van der Waals surface area contributed by atoms with Gasteiger partial charge in [0.05, 0.1) is 11.7 Å². The van der Waals surface area contributed by atoms with Crippen molar-refractivity contribution in [3.8, 4) is 0 Å². The third-order valence-electron chi connectivity index (χ3n) is 2.94. The van der Waals surface area contributed by atoms with Crippen molar-refractivity contribution in [3.05, 3.63) is 52.7 Å². The number of urea groups is 1. The van der Waals surface area contributed by atoms with E-state index in [1.807, 2.05) is 47.2 Å². The minimum Gasteiger partial charge on any atom is -0.396 e. The molecule has 1 aromatic carbocycles. The molecule has 2 amide bonds. The monoisotopic (exact) mass is 290 g/mol. The zero-order valence-corrected chi connectivity index (χ0v) is 11.9. The van der Waals surface area contributed by atoms with Gasteiger partial charge < -0.3 is 15.7 Å². The minimum atomic E-state index is -0.227. The van der Waals surface area contributed by atoms with Gasteiger partial charge >= 0.3 is 6.03 Å². The summed E-state index contributed by atoms with van der Waals surface area (Å²) >= 11 is 1.54. The van der Waals surface area contributed by atoms with E-state index < -0.39 is 0 Å². The molecule has 1 unspecified atom stereocenters. The number of nitrogens with one attached hydrogen (secondary N) is 2. The molecule has 0 saturated carbocycles. The van der Waals surface area contributed by atoms with Gasteiger partial charge in [-0.15, -0.1) is 0 Å². The molecule has 0 aliphatic heterocycles. The highest BCUT2D eigenvalue weighted by Crippen LogP contribution is 2.19. The zero-order valence-electron chi connectivity index (χ0n) is 11.1. The van der Waals surface area contributed by atoms with Crippen LogP contribution in [0.2, 0.25) is 0 Å². The molecule has 0 bridgehead atoms. The number of aliphatic hydroxyl groups is 1. The van der Waals surface area contributed by atoms with Crippen LogP contribution in [0.1, 0.15) is 24.4 Å². The van der Waals surface area contributed by atoms with Gasteiger partial charge in [0.1, 0.15) is 0 Å². The number of aliphatic hydroxyl groups excluding tert-OH is 1. The van der Waals surface area contributed by atoms with E-state index in [1.54, 1.807) is 0 Å². The van der Waals surface area contributed by atoms with Crippen molar-refractivity contribution in [2.45, 2.75) is 18.9 Å². The normalized spacial score (nSPS) is 11.8. The van der Waals surface area contributed by atoms with E-state index in [0.717, 1.165) is 11.3 Å². The van der Waals surface area contributed by atoms with Crippen molar-refractivity contribution in [2.24, 2.45) is 0 Å². The number of carbonyl (C=O) groups excluding carboxylic acids is 1. The molecule has 5 heteroatoms. The van der Waals surface area contributed by atoms with Crippen LogP contribution in [0.4, 0.5) is 10.5 Å². The van der Waals surface area contributed by atoms with E-state index in [1.165, 1.54) is 11.3 Å². The summed E-state index contributed by atoms with van der Waals surface area (Å²) < 4.78 is 0. The number of hydrogen-bond donors (Lipinski definition) is 3. The van der Waals surface area contributed by atoms with Gasteiger partial charge in [-0.1, -0.05) is 30.3 Å². The first-order valence-electron chi connectivity index (χ1n) is 6.55. The lowest BCUT2D eigenvalue weighted by Crippen LogP contribution is -2.32. The van der Waals surface area contributed by atoms with E-state index in [9.17, 15) is 4.79 Å². The van der Waals surface area contributed by atoms with E-state index >= 15 is 0 Å². The molecule has 1 heterocycles. The van der Waals surface area contributed by atoms with Gasteiger partial charge in [-0.05, 0) is 29.9 Å². The maximum Gasteiger partial charge on any atom is 0.319 e. The summed E-state index contributed by atoms with van der Waals surface area (Å²) in [6.07, 6.45) is 1.36. The van der Waals surface area contributed by atoms with E-state index in [0.29, 0.717) is 12.8 Å². The number of rotatable bonds is 6. The Morgan fingerprint density at radius 3 is 2.70 bits per heavy atom. The highest BCUT2D eigenvalue weighted by molar-refractivity contribution is 7.08. The van der Waals surface area contributed by atoms with Gasteiger partial charge in [0.25, 0.3) is 0 Å². The maximum absolute atomic E-state index is 12.0. The van der Waals surface area contributed by atoms with Crippen molar-refractivity contribution in [3.63, 3.8) is 0 Å². The zero-order chi connectivity index (χ0) is 14.2. The Labute approximate surface area is 122 Å². The van der Waals surface area contributed by atoms with Gasteiger partial charge in [-0.25, -0.2) is 4.79 Å². The summed E-state index contributed by atoms with van der Waals surface area (Å²) in [5.41, 5.74) is 1.84. The second-order valence-electron chi connectivity index (χ2n) is 4.44. The molecule has 0 aliphatic rings. The molecular weight excluding hydrogens is 272 g/mol.